The van der Waals surface area contributed by atoms with Crippen molar-refractivity contribution in [3.63, 3.8) is 0 Å². The van der Waals surface area contributed by atoms with Crippen LogP contribution in [0.3, 0.4) is 0 Å². The van der Waals surface area contributed by atoms with E-state index in [0.29, 0.717) is 5.41 Å². The fraction of sp³-hybridized carbons (Fsp3) is 0.600. The van der Waals surface area contributed by atoms with Crippen molar-refractivity contribution < 1.29 is 4.74 Å². The molecule has 0 spiro atoms. The predicted molar refractivity (Wildman–Crippen MR) is 75.8 cm³/mol. The van der Waals surface area contributed by atoms with E-state index in [1.165, 1.54) is 17.5 Å². The van der Waals surface area contributed by atoms with Gasteiger partial charge in [0, 0.05) is 0 Å². The molecule has 0 atom stereocenters. The van der Waals surface area contributed by atoms with Crippen molar-refractivity contribution in [2.24, 2.45) is 5.41 Å². The lowest BCUT2D eigenvalue weighted by Gasteiger charge is -2.47. The minimum Gasteiger partial charge on any atom is -0.495 e. The average Bonchev–Trinajstić information content (AvgIpc) is 2.24. The SMILES string of the molecule is COc1c(Br)ccc2c1CCC(C)(C)C2(C)C. The summed E-state index contributed by atoms with van der Waals surface area (Å²) >= 11 is 3.58. The molecule has 0 heterocycles. The maximum absolute atomic E-state index is 5.56. The highest BCUT2D eigenvalue weighted by Gasteiger charge is 2.43. The molecule has 0 saturated heterocycles. The van der Waals surface area contributed by atoms with E-state index in [-0.39, 0.29) is 5.41 Å². The summed E-state index contributed by atoms with van der Waals surface area (Å²) < 4.78 is 6.62. The summed E-state index contributed by atoms with van der Waals surface area (Å²) in [4.78, 5) is 0. The highest BCUT2D eigenvalue weighted by Crippen LogP contribution is 2.52. The zero-order chi connectivity index (χ0) is 12.8. The maximum atomic E-state index is 5.56. The molecule has 17 heavy (non-hydrogen) atoms. The average molecular weight is 297 g/mol. The van der Waals surface area contributed by atoms with Crippen LogP contribution in [-0.2, 0) is 11.8 Å². The fourth-order valence-electron chi connectivity index (χ4n) is 2.77. The van der Waals surface area contributed by atoms with Gasteiger partial charge in [0.25, 0.3) is 0 Å². The highest BCUT2D eigenvalue weighted by molar-refractivity contribution is 9.10. The van der Waals surface area contributed by atoms with Gasteiger partial charge in [-0.3, -0.25) is 0 Å². The molecule has 0 radical (unpaired) electrons. The first-order valence-electron chi connectivity index (χ1n) is 6.17. The van der Waals surface area contributed by atoms with Crippen molar-refractivity contribution in [2.75, 3.05) is 7.11 Å². The van der Waals surface area contributed by atoms with Gasteiger partial charge in [-0.15, -0.1) is 0 Å². The van der Waals surface area contributed by atoms with Crippen molar-refractivity contribution in [2.45, 2.75) is 46.0 Å². The van der Waals surface area contributed by atoms with Gasteiger partial charge in [0.2, 0.25) is 0 Å². The number of methoxy groups -OCH3 is 1. The fourth-order valence-corrected chi connectivity index (χ4v) is 3.30. The van der Waals surface area contributed by atoms with E-state index in [1.807, 2.05) is 0 Å². The number of ether oxygens (including phenoxy) is 1. The number of rotatable bonds is 1. The van der Waals surface area contributed by atoms with Crippen LogP contribution in [0.4, 0.5) is 0 Å². The zero-order valence-corrected chi connectivity index (χ0v) is 12.9. The quantitative estimate of drug-likeness (QED) is 0.729. The molecule has 0 saturated carbocycles. The molecule has 0 bridgehead atoms. The summed E-state index contributed by atoms with van der Waals surface area (Å²) in [5, 5.41) is 0. The number of benzene rings is 1. The number of fused-ring (bicyclic) bond motifs is 1. The first-order chi connectivity index (χ1) is 7.81. The van der Waals surface area contributed by atoms with Crippen LogP contribution in [0.25, 0.3) is 0 Å². The van der Waals surface area contributed by atoms with Crippen molar-refractivity contribution in [3.8, 4) is 5.75 Å². The molecule has 0 N–H and O–H groups in total. The standard InChI is InChI=1S/C15H21BrO/c1-14(2)9-8-10-11(15(14,3)4)6-7-12(16)13(10)17-5/h6-7H,8-9H2,1-5H3. The third-order valence-corrected chi connectivity index (χ3v) is 5.41. The lowest BCUT2D eigenvalue weighted by atomic mass is 9.57. The summed E-state index contributed by atoms with van der Waals surface area (Å²) in [5.74, 6) is 1.02. The molecule has 0 aromatic heterocycles. The molecule has 0 aliphatic heterocycles. The Hall–Kier alpha value is -0.500. The summed E-state index contributed by atoms with van der Waals surface area (Å²) in [6, 6.07) is 4.36. The Morgan fingerprint density at radius 2 is 1.82 bits per heavy atom. The van der Waals surface area contributed by atoms with E-state index in [1.54, 1.807) is 7.11 Å². The van der Waals surface area contributed by atoms with E-state index in [9.17, 15) is 0 Å². The summed E-state index contributed by atoms with van der Waals surface area (Å²) in [7, 11) is 1.76. The van der Waals surface area contributed by atoms with Gasteiger partial charge in [0.05, 0.1) is 11.6 Å². The smallest absolute Gasteiger partial charge is 0.136 e. The summed E-state index contributed by atoms with van der Waals surface area (Å²) in [6.07, 6.45) is 2.31. The molecular weight excluding hydrogens is 276 g/mol. The Kier molecular flexibility index (Phi) is 3.05. The Morgan fingerprint density at radius 3 is 2.41 bits per heavy atom. The van der Waals surface area contributed by atoms with Gasteiger partial charge in [-0.05, 0) is 56.8 Å². The number of halogens is 1. The van der Waals surface area contributed by atoms with Gasteiger partial charge < -0.3 is 4.74 Å². The summed E-state index contributed by atoms with van der Waals surface area (Å²) in [5.41, 5.74) is 3.34. The largest absolute Gasteiger partial charge is 0.495 e. The van der Waals surface area contributed by atoms with Gasteiger partial charge in [-0.1, -0.05) is 33.8 Å². The normalized spacial score (nSPS) is 20.8. The van der Waals surface area contributed by atoms with Crippen molar-refractivity contribution in [1.29, 1.82) is 0 Å². The van der Waals surface area contributed by atoms with Crippen LogP contribution in [0.2, 0.25) is 0 Å². The Bertz CT molecular complexity index is 446. The molecule has 0 unspecified atom stereocenters. The maximum Gasteiger partial charge on any atom is 0.136 e. The second kappa shape index (κ2) is 4.01. The zero-order valence-electron chi connectivity index (χ0n) is 11.4. The molecular formula is C15H21BrO. The Labute approximate surface area is 113 Å². The third kappa shape index (κ3) is 1.81. The van der Waals surface area contributed by atoms with Crippen molar-refractivity contribution in [1.82, 2.24) is 0 Å². The molecule has 0 amide bonds. The van der Waals surface area contributed by atoms with Crippen LogP contribution >= 0.6 is 15.9 Å². The highest BCUT2D eigenvalue weighted by atomic mass is 79.9. The molecule has 1 nitrogen and oxygen atoms in total. The van der Waals surface area contributed by atoms with Gasteiger partial charge in [0.1, 0.15) is 5.75 Å². The first kappa shape index (κ1) is 12.9. The monoisotopic (exact) mass is 296 g/mol. The molecule has 2 heteroatoms. The molecule has 1 aromatic rings. The van der Waals surface area contributed by atoms with E-state index in [0.717, 1.165) is 16.6 Å². The molecule has 1 aromatic carbocycles. The Balaban J connectivity index is 2.66. The second-order valence-electron chi connectivity index (χ2n) is 6.12. The van der Waals surface area contributed by atoms with E-state index in [4.69, 9.17) is 4.74 Å². The molecule has 1 aliphatic rings. The lowest BCUT2D eigenvalue weighted by Crippen LogP contribution is -2.41. The molecule has 2 rings (SSSR count). The van der Waals surface area contributed by atoms with Crippen LogP contribution in [-0.4, -0.2) is 7.11 Å². The molecule has 1 aliphatic carbocycles. The third-order valence-electron chi connectivity index (χ3n) is 4.78. The van der Waals surface area contributed by atoms with Gasteiger partial charge in [-0.2, -0.15) is 0 Å². The predicted octanol–water partition coefficient (Wildman–Crippen LogP) is 4.71. The van der Waals surface area contributed by atoms with Gasteiger partial charge in [-0.25, -0.2) is 0 Å². The number of hydrogen-bond donors (Lipinski definition) is 0. The van der Waals surface area contributed by atoms with Gasteiger partial charge >= 0.3 is 0 Å². The van der Waals surface area contributed by atoms with Gasteiger partial charge in [0.15, 0.2) is 0 Å². The minimum atomic E-state index is 0.189. The molecule has 94 valence electrons. The van der Waals surface area contributed by atoms with Crippen LogP contribution in [0, 0.1) is 5.41 Å². The lowest BCUT2D eigenvalue weighted by molar-refractivity contribution is 0.163. The van der Waals surface area contributed by atoms with Crippen LogP contribution < -0.4 is 4.74 Å². The Morgan fingerprint density at radius 1 is 1.18 bits per heavy atom. The van der Waals surface area contributed by atoms with Crippen molar-refractivity contribution >= 4 is 15.9 Å². The van der Waals surface area contributed by atoms with Crippen LogP contribution in [0.1, 0.15) is 45.2 Å². The van der Waals surface area contributed by atoms with Crippen LogP contribution in [0.15, 0.2) is 16.6 Å². The topological polar surface area (TPSA) is 9.23 Å². The van der Waals surface area contributed by atoms with E-state index >= 15 is 0 Å². The summed E-state index contributed by atoms with van der Waals surface area (Å²) in [6.45, 7) is 9.42. The first-order valence-corrected chi connectivity index (χ1v) is 6.96. The number of hydrogen-bond acceptors (Lipinski definition) is 1. The molecule has 0 fully saturated rings. The van der Waals surface area contributed by atoms with E-state index < -0.39 is 0 Å². The van der Waals surface area contributed by atoms with Crippen LogP contribution in [0.5, 0.6) is 5.75 Å². The van der Waals surface area contributed by atoms with E-state index in [2.05, 4.69) is 55.8 Å². The van der Waals surface area contributed by atoms with Crippen molar-refractivity contribution in [3.05, 3.63) is 27.7 Å². The minimum absolute atomic E-state index is 0.189. The second-order valence-corrected chi connectivity index (χ2v) is 6.97.